The lowest BCUT2D eigenvalue weighted by Crippen LogP contribution is -2.21. The molecule has 8 heteroatoms. The van der Waals surface area contributed by atoms with Gasteiger partial charge in [0, 0.05) is 13.1 Å². The van der Waals surface area contributed by atoms with E-state index in [2.05, 4.69) is 26.3 Å². The zero-order valence-electron chi connectivity index (χ0n) is 10.8. The van der Waals surface area contributed by atoms with Crippen LogP contribution in [0.4, 0.5) is 5.82 Å². The van der Waals surface area contributed by atoms with Crippen LogP contribution in [0.25, 0.3) is 0 Å². The minimum Gasteiger partial charge on any atom is -0.451 e. The summed E-state index contributed by atoms with van der Waals surface area (Å²) in [5, 5.41) is 6.72. The van der Waals surface area contributed by atoms with E-state index < -0.39 is 11.9 Å². The van der Waals surface area contributed by atoms with Gasteiger partial charge in [0.25, 0.3) is 5.91 Å². The van der Waals surface area contributed by atoms with Gasteiger partial charge in [-0.1, -0.05) is 0 Å². The summed E-state index contributed by atoms with van der Waals surface area (Å²) in [6.45, 7) is 1.49. The second-order valence-electron chi connectivity index (χ2n) is 4.02. The smallest absolute Gasteiger partial charge is 0.348 e. The van der Waals surface area contributed by atoms with E-state index in [4.69, 9.17) is 4.74 Å². The molecule has 6 nitrogen and oxygen atoms in total. The van der Waals surface area contributed by atoms with Gasteiger partial charge in [-0.05, 0) is 35.0 Å². The summed E-state index contributed by atoms with van der Waals surface area (Å²) in [6.07, 6.45) is 0. The molecule has 0 atom stereocenters. The maximum absolute atomic E-state index is 11.7. The van der Waals surface area contributed by atoms with Crippen molar-refractivity contribution < 1.29 is 14.3 Å². The van der Waals surface area contributed by atoms with Crippen LogP contribution >= 0.6 is 27.3 Å². The third-order valence-corrected chi connectivity index (χ3v) is 3.98. The van der Waals surface area contributed by atoms with E-state index in [0.717, 1.165) is 9.48 Å². The minimum atomic E-state index is -0.517. The predicted octanol–water partition coefficient (Wildman–Crippen LogP) is 2.35. The molecule has 0 saturated heterocycles. The molecule has 0 spiro atoms. The first-order valence-electron chi connectivity index (χ1n) is 5.68. The number of hydrogen-bond donors (Lipinski definition) is 1. The van der Waals surface area contributed by atoms with Crippen molar-refractivity contribution in [2.75, 3.05) is 11.9 Å². The van der Waals surface area contributed by atoms with Crippen molar-refractivity contribution >= 4 is 45.0 Å². The van der Waals surface area contributed by atoms with Crippen molar-refractivity contribution in [1.82, 2.24) is 9.78 Å². The molecule has 0 aliphatic rings. The fraction of sp³-hybridized carbons (Fsp3) is 0.250. The molecule has 0 aliphatic heterocycles. The van der Waals surface area contributed by atoms with Gasteiger partial charge in [0.15, 0.2) is 6.61 Å². The van der Waals surface area contributed by atoms with Gasteiger partial charge in [-0.3, -0.25) is 9.48 Å². The Labute approximate surface area is 127 Å². The van der Waals surface area contributed by atoms with E-state index in [-0.39, 0.29) is 6.61 Å². The number of halogens is 1. The number of ether oxygens (including phenoxy) is 1. The SMILES string of the molecule is Cc1cc(NC(=O)COC(=O)c2ccc(Br)s2)n(C)n1. The van der Waals surface area contributed by atoms with E-state index >= 15 is 0 Å². The number of nitrogens with zero attached hydrogens (tertiary/aromatic N) is 2. The third kappa shape index (κ3) is 3.67. The minimum absolute atomic E-state index is 0.335. The van der Waals surface area contributed by atoms with Gasteiger partial charge < -0.3 is 10.1 Å². The standard InChI is InChI=1S/C12H12BrN3O3S/c1-7-5-10(16(2)15-7)14-11(17)6-19-12(18)8-3-4-9(13)20-8/h3-5H,6H2,1-2H3,(H,14,17). The topological polar surface area (TPSA) is 73.2 Å². The van der Waals surface area contributed by atoms with E-state index in [1.165, 1.54) is 11.3 Å². The second kappa shape index (κ2) is 6.19. The number of aryl methyl sites for hydroxylation is 2. The van der Waals surface area contributed by atoms with Crippen LogP contribution in [-0.2, 0) is 16.6 Å². The van der Waals surface area contributed by atoms with Crippen LogP contribution in [0.1, 0.15) is 15.4 Å². The molecule has 0 aromatic carbocycles. The molecule has 0 aliphatic carbocycles. The zero-order chi connectivity index (χ0) is 14.7. The molecule has 1 amide bonds. The van der Waals surface area contributed by atoms with Crippen molar-refractivity contribution in [3.05, 3.63) is 32.6 Å². The first-order chi connectivity index (χ1) is 9.45. The molecule has 0 radical (unpaired) electrons. The number of aromatic nitrogens is 2. The number of thiophene rings is 1. The number of anilines is 1. The molecule has 0 saturated carbocycles. The van der Waals surface area contributed by atoms with Gasteiger partial charge in [0.1, 0.15) is 10.7 Å². The zero-order valence-corrected chi connectivity index (χ0v) is 13.2. The second-order valence-corrected chi connectivity index (χ2v) is 6.49. The maximum Gasteiger partial charge on any atom is 0.348 e. The van der Waals surface area contributed by atoms with E-state index in [9.17, 15) is 9.59 Å². The molecular weight excluding hydrogens is 346 g/mol. The summed E-state index contributed by atoms with van der Waals surface area (Å²) in [5.74, 6) is -0.364. The first kappa shape index (κ1) is 14.7. The number of nitrogens with one attached hydrogen (secondary N) is 1. The van der Waals surface area contributed by atoms with Crippen LogP contribution in [0.3, 0.4) is 0 Å². The Morgan fingerprint density at radius 2 is 2.25 bits per heavy atom. The van der Waals surface area contributed by atoms with Gasteiger partial charge >= 0.3 is 5.97 Å². The molecule has 2 aromatic heterocycles. The van der Waals surface area contributed by atoms with Crippen molar-refractivity contribution in [2.45, 2.75) is 6.92 Å². The quantitative estimate of drug-likeness (QED) is 0.852. The normalized spacial score (nSPS) is 10.3. The predicted molar refractivity (Wildman–Crippen MR) is 78.9 cm³/mol. The van der Waals surface area contributed by atoms with Crippen molar-refractivity contribution in [1.29, 1.82) is 0 Å². The van der Waals surface area contributed by atoms with Gasteiger partial charge in [-0.25, -0.2) is 4.79 Å². The average Bonchev–Trinajstić information content (AvgIpc) is 2.93. The van der Waals surface area contributed by atoms with Crippen LogP contribution in [0.15, 0.2) is 22.0 Å². The van der Waals surface area contributed by atoms with Gasteiger partial charge in [-0.15, -0.1) is 11.3 Å². The number of hydrogen-bond acceptors (Lipinski definition) is 5. The number of rotatable bonds is 4. The molecule has 2 heterocycles. The lowest BCUT2D eigenvalue weighted by molar-refractivity contribution is -0.119. The highest BCUT2D eigenvalue weighted by Gasteiger charge is 2.13. The van der Waals surface area contributed by atoms with Crippen LogP contribution in [0.2, 0.25) is 0 Å². The summed E-state index contributed by atoms with van der Waals surface area (Å²) < 4.78 is 7.31. The summed E-state index contributed by atoms with van der Waals surface area (Å²) in [4.78, 5) is 23.8. The number of esters is 1. The Morgan fingerprint density at radius 3 is 2.80 bits per heavy atom. The summed E-state index contributed by atoms with van der Waals surface area (Å²) in [5.41, 5.74) is 0.795. The molecule has 1 N–H and O–H groups in total. The highest BCUT2D eigenvalue weighted by Crippen LogP contribution is 2.22. The summed E-state index contributed by atoms with van der Waals surface area (Å²) in [7, 11) is 1.72. The Morgan fingerprint density at radius 1 is 1.50 bits per heavy atom. The maximum atomic E-state index is 11.7. The molecule has 2 rings (SSSR count). The monoisotopic (exact) mass is 357 g/mol. The summed E-state index contributed by atoms with van der Waals surface area (Å²) >= 11 is 4.51. The lowest BCUT2D eigenvalue weighted by atomic mass is 10.4. The Kier molecular flexibility index (Phi) is 4.56. The van der Waals surface area contributed by atoms with Crippen molar-refractivity contribution in [2.24, 2.45) is 7.05 Å². The van der Waals surface area contributed by atoms with Crippen LogP contribution in [0, 0.1) is 6.92 Å². The number of amides is 1. The fourth-order valence-electron chi connectivity index (χ4n) is 1.53. The molecule has 0 fully saturated rings. The largest absolute Gasteiger partial charge is 0.451 e. The molecular formula is C12H12BrN3O3S. The van der Waals surface area contributed by atoms with Crippen LogP contribution in [-0.4, -0.2) is 28.3 Å². The van der Waals surface area contributed by atoms with Crippen molar-refractivity contribution in [3.63, 3.8) is 0 Å². The van der Waals surface area contributed by atoms with Crippen LogP contribution in [0.5, 0.6) is 0 Å². The molecule has 20 heavy (non-hydrogen) atoms. The highest BCUT2D eigenvalue weighted by atomic mass is 79.9. The third-order valence-electron chi connectivity index (χ3n) is 2.38. The molecule has 0 bridgehead atoms. The number of carbonyl (C=O) groups excluding carboxylic acids is 2. The van der Waals surface area contributed by atoms with E-state index in [0.29, 0.717) is 10.7 Å². The van der Waals surface area contributed by atoms with Crippen LogP contribution < -0.4 is 5.32 Å². The Balaban J connectivity index is 1.86. The van der Waals surface area contributed by atoms with Crippen molar-refractivity contribution in [3.8, 4) is 0 Å². The molecule has 106 valence electrons. The van der Waals surface area contributed by atoms with E-state index in [1.54, 1.807) is 29.9 Å². The molecule has 0 unspecified atom stereocenters. The van der Waals surface area contributed by atoms with E-state index in [1.807, 2.05) is 6.92 Å². The highest BCUT2D eigenvalue weighted by molar-refractivity contribution is 9.11. The Hall–Kier alpha value is -1.67. The first-order valence-corrected chi connectivity index (χ1v) is 7.29. The molecule has 2 aromatic rings. The summed E-state index contributed by atoms with van der Waals surface area (Å²) in [6, 6.07) is 5.12. The lowest BCUT2D eigenvalue weighted by Gasteiger charge is -2.05. The van der Waals surface area contributed by atoms with Gasteiger partial charge in [-0.2, -0.15) is 5.10 Å². The van der Waals surface area contributed by atoms with Gasteiger partial charge in [0.05, 0.1) is 9.48 Å². The number of carbonyl (C=O) groups is 2. The Bertz CT molecular complexity index is 650. The average molecular weight is 358 g/mol. The fourth-order valence-corrected chi connectivity index (χ4v) is 2.81. The van der Waals surface area contributed by atoms with Gasteiger partial charge in [0.2, 0.25) is 0 Å².